The SMILES string of the molecule is Cc1nc2c(-c3ncco3)[c-]ncc2o1.[Ir]. The molecule has 1 radical (unpaired) electrons. The van der Waals surface area contributed by atoms with Gasteiger partial charge in [-0.3, -0.25) is 9.97 Å². The van der Waals surface area contributed by atoms with Crippen LogP contribution in [0.15, 0.2) is 27.5 Å². The summed E-state index contributed by atoms with van der Waals surface area (Å²) in [4.78, 5) is 12.2. The van der Waals surface area contributed by atoms with Crippen LogP contribution in [-0.2, 0) is 20.1 Å². The van der Waals surface area contributed by atoms with Gasteiger partial charge in [0.2, 0.25) is 0 Å². The van der Waals surface area contributed by atoms with Gasteiger partial charge in [-0.15, -0.1) is 0 Å². The van der Waals surface area contributed by atoms with Crippen molar-refractivity contribution < 1.29 is 28.9 Å². The molecule has 0 bridgehead atoms. The molecule has 0 fully saturated rings. The van der Waals surface area contributed by atoms with Crippen molar-refractivity contribution in [1.29, 1.82) is 0 Å². The first-order valence-electron chi connectivity index (χ1n) is 4.38. The van der Waals surface area contributed by atoms with Crippen LogP contribution in [0.5, 0.6) is 0 Å². The summed E-state index contributed by atoms with van der Waals surface area (Å²) in [5.74, 6) is 1.03. The number of nitrogens with zero attached hydrogens (tertiary/aromatic N) is 3. The number of aromatic nitrogens is 3. The number of pyridine rings is 1. The van der Waals surface area contributed by atoms with Crippen molar-refractivity contribution in [3.05, 3.63) is 30.7 Å². The molecule has 0 aromatic carbocycles. The Hall–Kier alpha value is -1.52. The molecular weight excluding hydrogens is 386 g/mol. The first kappa shape index (κ1) is 11.0. The minimum absolute atomic E-state index is 0. The van der Waals surface area contributed by atoms with Crippen molar-refractivity contribution in [2.75, 3.05) is 0 Å². The van der Waals surface area contributed by atoms with Crippen LogP contribution in [0.4, 0.5) is 0 Å². The predicted octanol–water partition coefficient (Wildman–Crippen LogP) is 1.98. The third-order valence-electron chi connectivity index (χ3n) is 2.00. The molecule has 0 atom stereocenters. The largest absolute Gasteiger partial charge is 0.488 e. The van der Waals surface area contributed by atoms with Gasteiger partial charge in [-0.05, 0) is 18.0 Å². The Kier molecular flexibility index (Phi) is 2.85. The first-order valence-corrected chi connectivity index (χ1v) is 4.38. The van der Waals surface area contributed by atoms with E-state index in [9.17, 15) is 0 Å². The van der Waals surface area contributed by atoms with E-state index in [0.29, 0.717) is 28.4 Å². The number of hydrogen-bond donors (Lipinski definition) is 0. The van der Waals surface area contributed by atoms with E-state index in [2.05, 4.69) is 21.1 Å². The summed E-state index contributed by atoms with van der Waals surface area (Å²) in [7, 11) is 0. The molecule has 16 heavy (non-hydrogen) atoms. The van der Waals surface area contributed by atoms with Gasteiger partial charge in [0.15, 0.2) is 5.89 Å². The molecule has 3 heterocycles. The molecular formula is C10H6IrN3O2-. The molecule has 0 saturated carbocycles. The van der Waals surface area contributed by atoms with Gasteiger partial charge in [-0.1, -0.05) is 0 Å². The van der Waals surface area contributed by atoms with Crippen LogP contribution in [-0.4, -0.2) is 15.0 Å². The minimum atomic E-state index is 0. The summed E-state index contributed by atoms with van der Waals surface area (Å²) in [6.45, 7) is 1.78. The maximum atomic E-state index is 5.34. The second kappa shape index (κ2) is 4.15. The van der Waals surface area contributed by atoms with Crippen LogP contribution in [0.2, 0.25) is 0 Å². The van der Waals surface area contributed by atoms with E-state index in [1.54, 1.807) is 19.3 Å². The Morgan fingerprint density at radius 1 is 1.38 bits per heavy atom. The van der Waals surface area contributed by atoms with Gasteiger partial charge >= 0.3 is 0 Å². The number of fused-ring (bicyclic) bond motifs is 1. The van der Waals surface area contributed by atoms with Gasteiger partial charge in [-0.2, -0.15) is 0 Å². The van der Waals surface area contributed by atoms with Crippen LogP contribution >= 0.6 is 0 Å². The molecule has 5 nitrogen and oxygen atoms in total. The molecule has 3 rings (SSSR count). The predicted molar refractivity (Wildman–Crippen MR) is 50.9 cm³/mol. The molecule has 3 aromatic heterocycles. The molecule has 83 valence electrons. The number of oxazole rings is 2. The molecule has 3 aromatic rings. The van der Waals surface area contributed by atoms with Gasteiger partial charge in [0.1, 0.15) is 5.89 Å². The van der Waals surface area contributed by atoms with E-state index >= 15 is 0 Å². The normalized spacial score (nSPS) is 10.3. The standard InChI is InChI=1S/C10H6N3O2.Ir/c1-6-13-9-7(10-12-2-3-14-10)4-11-5-8(9)15-6;/h2-3,5H,1H3;/q-1;. The molecule has 0 aliphatic carbocycles. The second-order valence-electron chi connectivity index (χ2n) is 3.03. The second-order valence-corrected chi connectivity index (χ2v) is 3.03. The maximum Gasteiger partial charge on any atom is 0.180 e. The summed E-state index contributed by atoms with van der Waals surface area (Å²) in [6, 6.07) is 0. The Bertz CT molecular complexity index is 604. The number of rotatable bonds is 1. The zero-order valence-electron chi connectivity index (χ0n) is 8.22. The molecule has 0 aliphatic heterocycles. The monoisotopic (exact) mass is 393 g/mol. The van der Waals surface area contributed by atoms with Crippen molar-refractivity contribution in [3.63, 3.8) is 0 Å². The van der Waals surface area contributed by atoms with Crippen molar-refractivity contribution in [3.8, 4) is 11.5 Å². The van der Waals surface area contributed by atoms with Crippen molar-refractivity contribution >= 4 is 11.1 Å². The average molecular weight is 392 g/mol. The number of aryl methyl sites for hydroxylation is 1. The molecule has 0 aliphatic rings. The third kappa shape index (κ3) is 1.66. The van der Waals surface area contributed by atoms with Gasteiger partial charge in [0.25, 0.3) is 0 Å². The third-order valence-corrected chi connectivity index (χ3v) is 2.00. The summed E-state index contributed by atoms with van der Waals surface area (Å²) < 4.78 is 10.5. The Balaban J connectivity index is 0.000000963. The van der Waals surface area contributed by atoms with E-state index in [-0.39, 0.29) is 20.1 Å². The fourth-order valence-electron chi connectivity index (χ4n) is 1.41. The van der Waals surface area contributed by atoms with E-state index in [1.165, 1.54) is 6.26 Å². The summed E-state index contributed by atoms with van der Waals surface area (Å²) in [5, 5.41) is 0. The Morgan fingerprint density at radius 3 is 3.00 bits per heavy atom. The van der Waals surface area contributed by atoms with Crippen LogP contribution in [0, 0.1) is 13.1 Å². The van der Waals surface area contributed by atoms with E-state index in [0.717, 1.165) is 0 Å². The molecule has 0 saturated heterocycles. The quantitative estimate of drug-likeness (QED) is 0.593. The van der Waals surface area contributed by atoms with Gasteiger partial charge in [0, 0.05) is 32.5 Å². The number of hydrogen-bond acceptors (Lipinski definition) is 5. The summed E-state index contributed by atoms with van der Waals surface area (Å²) in [5.41, 5.74) is 1.90. The van der Waals surface area contributed by atoms with Gasteiger partial charge < -0.3 is 13.8 Å². The molecule has 6 heteroatoms. The summed E-state index contributed by atoms with van der Waals surface area (Å²) in [6.07, 6.45) is 7.43. The molecule has 0 amide bonds. The first-order chi connectivity index (χ1) is 7.34. The smallest absolute Gasteiger partial charge is 0.180 e. The average Bonchev–Trinajstić information content (AvgIpc) is 2.82. The molecule has 0 spiro atoms. The van der Waals surface area contributed by atoms with Crippen LogP contribution in [0.1, 0.15) is 5.89 Å². The zero-order valence-corrected chi connectivity index (χ0v) is 10.6. The Labute approximate surface area is 104 Å². The minimum Gasteiger partial charge on any atom is -0.488 e. The van der Waals surface area contributed by atoms with Gasteiger partial charge in [0.05, 0.1) is 18.0 Å². The van der Waals surface area contributed by atoms with Gasteiger partial charge in [-0.25, -0.2) is 0 Å². The molecule has 0 unspecified atom stereocenters. The van der Waals surface area contributed by atoms with E-state index in [4.69, 9.17) is 8.83 Å². The fraction of sp³-hybridized carbons (Fsp3) is 0.100. The van der Waals surface area contributed by atoms with Crippen molar-refractivity contribution in [2.45, 2.75) is 6.92 Å². The molecule has 0 N–H and O–H groups in total. The van der Waals surface area contributed by atoms with Crippen LogP contribution in [0.3, 0.4) is 0 Å². The summed E-state index contributed by atoms with van der Waals surface area (Å²) >= 11 is 0. The van der Waals surface area contributed by atoms with Crippen LogP contribution in [0.25, 0.3) is 22.6 Å². The van der Waals surface area contributed by atoms with E-state index in [1.807, 2.05) is 0 Å². The van der Waals surface area contributed by atoms with E-state index < -0.39 is 0 Å². The van der Waals surface area contributed by atoms with Crippen molar-refractivity contribution in [2.24, 2.45) is 0 Å². The topological polar surface area (TPSA) is 65.0 Å². The maximum absolute atomic E-state index is 5.34. The van der Waals surface area contributed by atoms with Crippen molar-refractivity contribution in [1.82, 2.24) is 15.0 Å². The Morgan fingerprint density at radius 2 is 2.25 bits per heavy atom. The zero-order chi connectivity index (χ0) is 10.3. The fourth-order valence-corrected chi connectivity index (χ4v) is 1.41. The van der Waals surface area contributed by atoms with Crippen LogP contribution < -0.4 is 0 Å².